The van der Waals surface area contributed by atoms with E-state index in [2.05, 4.69) is 6.92 Å². The highest BCUT2D eigenvalue weighted by Crippen LogP contribution is 2.46. The van der Waals surface area contributed by atoms with Crippen LogP contribution in [-0.2, 0) is 9.53 Å². The third-order valence-electron chi connectivity index (χ3n) is 3.56. The molecule has 1 heterocycles. The second-order valence-corrected chi connectivity index (χ2v) is 4.65. The fourth-order valence-electron chi connectivity index (χ4n) is 2.78. The zero-order valence-corrected chi connectivity index (χ0v) is 9.22. The Morgan fingerprint density at radius 3 is 2.75 bits per heavy atom. The number of hydrogen-bond acceptors (Lipinski definition) is 2. The van der Waals surface area contributed by atoms with Crippen LogP contribution in [0.25, 0.3) is 0 Å². The van der Waals surface area contributed by atoms with Gasteiger partial charge < -0.3 is 4.74 Å². The third kappa shape index (κ3) is 1.29. The molecule has 1 aliphatic carbocycles. The molecule has 1 aromatic rings. The van der Waals surface area contributed by atoms with Crippen molar-refractivity contribution in [3.8, 4) is 0 Å². The minimum atomic E-state index is -0.0197. The van der Waals surface area contributed by atoms with Gasteiger partial charge in [-0.2, -0.15) is 0 Å². The summed E-state index contributed by atoms with van der Waals surface area (Å²) in [7, 11) is 0. The molecule has 0 unspecified atom stereocenters. The van der Waals surface area contributed by atoms with Crippen LogP contribution in [0, 0.1) is 11.8 Å². The standard InChI is InChI=1S/C14H14O2/c1-9-8-16-12-7-11(15)14(13(9)12)10-5-3-2-4-6-10/h2-7,9,13-14H,8H2,1H3/t9-,13+,14-/m1/s1. The van der Waals surface area contributed by atoms with E-state index in [1.165, 1.54) is 0 Å². The molecule has 0 radical (unpaired) electrons. The molecule has 2 nitrogen and oxygen atoms in total. The van der Waals surface area contributed by atoms with E-state index < -0.39 is 0 Å². The second-order valence-electron chi connectivity index (χ2n) is 4.65. The molecule has 82 valence electrons. The second kappa shape index (κ2) is 3.48. The van der Waals surface area contributed by atoms with Crippen molar-refractivity contribution in [2.45, 2.75) is 12.8 Å². The van der Waals surface area contributed by atoms with E-state index in [9.17, 15) is 4.79 Å². The molecular formula is C14H14O2. The molecule has 3 rings (SSSR count). The van der Waals surface area contributed by atoms with Crippen LogP contribution in [0.4, 0.5) is 0 Å². The lowest BCUT2D eigenvalue weighted by Gasteiger charge is -2.18. The Labute approximate surface area is 94.9 Å². The van der Waals surface area contributed by atoms with Crippen LogP contribution in [0.5, 0.6) is 0 Å². The number of rotatable bonds is 1. The lowest BCUT2D eigenvalue weighted by Crippen LogP contribution is -2.19. The Kier molecular flexibility index (Phi) is 2.10. The zero-order valence-electron chi connectivity index (χ0n) is 9.22. The summed E-state index contributed by atoms with van der Waals surface area (Å²) in [5.41, 5.74) is 1.11. The number of hydrogen-bond donors (Lipinski definition) is 0. The van der Waals surface area contributed by atoms with E-state index >= 15 is 0 Å². The molecule has 16 heavy (non-hydrogen) atoms. The molecule has 0 N–H and O–H groups in total. The Morgan fingerprint density at radius 2 is 2.00 bits per heavy atom. The maximum atomic E-state index is 12.0. The Balaban J connectivity index is 2.00. The van der Waals surface area contributed by atoms with E-state index in [1.807, 2.05) is 30.3 Å². The summed E-state index contributed by atoms with van der Waals surface area (Å²) >= 11 is 0. The minimum absolute atomic E-state index is 0.0197. The number of ketones is 1. The topological polar surface area (TPSA) is 26.3 Å². The van der Waals surface area contributed by atoms with Gasteiger partial charge in [-0.25, -0.2) is 0 Å². The van der Waals surface area contributed by atoms with Gasteiger partial charge in [0.15, 0.2) is 5.78 Å². The fraction of sp³-hybridized carbons (Fsp3) is 0.357. The van der Waals surface area contributed by atoms with Crippen LogP contribution in [0.3, 0.4) is 0 Å². The van der Waals surface area contributed by atoms with Crippen LogP contribution in [-0.4, -0.2) is 12.4 Å². The normalized spacial score (nSPS) is 32.2. The number of carbonyl (C=O) groups is 1. The Bertz CT molecular complexity index is 447. The molecule has 0 amide bonds. The molecule has 3 atom stereocenters. The number of allylic oxidation sites excluding steroid dienone is 2. The van der Waals surface area contributed by atoms with E-state index in [-0.39, 0.29) is 17.6 Å². The molecule has 0 bridgehead atoms. The molecule has 2 aliphatic rings. The molecule has 2 heteroatoms. The summed E-state index contributed by atoms with van der Waals surface area (Å²) in [6.07, 6.45) is 1.69. The van der Waals surface area contributed by atoms with Gasteiger partial charge in [-0.05, 0) is 5.56 Å². The van der Waals surface area contributed by atoms with E-state index in [0.29, 0.717) is 5.92 Å². The fourth-order valence-corrected chi connectivity index (χ4v) is 2.78. The molecule has 0 saturated carbocycles. The van der Waals surface area contributed by atoms with Crippen molar-refractivity contribution in [3.05, 3.63) is 47.7 Å². The maximum absolute atomic E-state index is 12.0. The molecule has 0 spiro atoms. The van der Waals surface area contributed by atoms with Gasteiger partial charge >= 0.3 is 0 Å². The summed E-state index contributed by atoms with van der Waals surface area (Å²) in [4.78, 5) is 12.0. The Morgan fingerprint density at radius 1 is 1.25 bits per heavy atom. The molecule has 1 aromatic carbocycles. The van der Waals surface area contributed by atoms with Crippen molar-refractivity contribution in [2.75, 3.05) is 6.61 Å². The molecular weight excluding hydrogens is 200 g/mol. The summed E-state index contributed by atoms with van der Waals surface area (Å²) in [5.74, 6) is 1.76. The average Bonchev–Trinajstić information content (AvgIpc) is 2.80. The number of carbonyl (C=O) groups excluding carboxylic acids is 1. The lowest BCUT2D eigenvalue weighted by molar-refractivity contribution is -0.116. The van der Waals surface area contributed by atoms with Gasteiger partial charge in [0.25, 0.3) is 0 Å². The SMILES string of the molecule is C[C@@H]1COC2=CC(=O)[C@@H](c3ccccc3)[C@H]21. The summed E-state index contributed by atoms with van der Waals surface area (Å²) < 4.78 is 5.55. The van der Waals surface area contributed by atoms with Crippen molar-refractivity contribution in [1.82, 2.24) is 0 Å². The van der Waals surface area contributed by atoms with Gasteiger partial charge in [-0.1, -0.05) is 37.3 Å². The quantitative estimate of drug-likeness (QED) is 0.718. The first-order valence-electron chi connectivity index (χ1n) is 5.70. The van der Waals surface area contributed by atoms with E-state index in [4.69, 9.17) is 4.74 Å². The smallest absolute Gasteiger partial charge is 0.167 e. The van der Waals surface area contributed by atoms with Crippen molar-refractivity contribution in [2.24, 2.45) is 11.8 Å². The highest BCUT2D eigenvalue weighted by molar-refractivity contribution is 5.99. The predicted octanol–water partition coefficient (Wildman–Crippen LogP) is 2.52. The van der Waals surface area contributed by atoms with Crippen LogP contribution in [0.2, 0.25) is 0 Å². The molecule has 1 fully saturated rings. The van der Waals surface area contributed by atoms with Crippen LogP contribution in [0.15, 0.2) is 42.2 Å². The monoisotopic (exact) mass is 214 g/mol. The van der Waals surface area contributed by atoms with E-state index in [0.717, 1.165) is 17.9 Å². The lowest BCUT2D eigenvalue weighted by atomic mass is 9.81. The number of benzene rings is 1. The van der Waals surface area contributed by atoms with Gasteiger partial charge in [0.1, 0.15) is 5.76 Å². The summed E-state index contributed by atoms with van der Waals surface area (Å²) in [5, 5.41) is 0. The van der Waals surface area contributed by atoms with Gasteiger partial charge in [-0.15, -0.1) is 0 Å². The van der Waals surface area contributed by atoms with Crippen LogP contribution in [0.1, 0.15) is 18.4 Å². The van der Waals surface area contributed by atoms with Crippen molar-refractivity contribution in [1.29, 1.82) is 0 Å². The largest absolute Gasteiger partial charge is 0.497 e. The number of fused-ring (bicyclic) bond motifs is 1. The van der Waals surface area contributed by atoms with Crippen molar-refractivity contribution in [3.63, 3.8) is 0 Å². The number of ether oxygens (including phenoxy) is 1. The first-order valence-corrected chi connectivity index (χ1v) is 5.70. The molecule has 1 aliphatic heterocycles. The van der Waals surface area contributed by atoms with Gasteiger partial charge in [-0.3, -0.25) is 4.79 Å². The average molecular weight is 214 g/mol. The summed E-state index contributed by atoms with van der Waals surface area (Å²) in [6, 6.07) is 10.0. The highest BCUT2D eigenvalue weighted by atomic mass is 16.5. The van der Waals surface area contributed by atoms with E-state index in [1.54, 1.807) is 6.08 Å². The van der Waals surface area contributed by atoms with Gasteiger partial charge in [0.05, 0.1) is 12.5 Å². The first-order chi connectivity index (χ1) is 7.77. The van der Waals surface area contributed by atoms with Gasteiger partial charge in [0, 0.05) is 17.9 Å². The van der Waals surface area contributed by atoms with Crippen LogP contribution >= 0.6 is 0 Å². The Hall–Kier alpha value is -1.57. The first kappa shape index (κ1) is 9.64. The van der Waals surface area contributed by atoms with Crippen LogP contribution < -0.4 is 0 Å². The maximum Gasteiger partial charge on any atom is 0.167 e. The zero-order chi connectivity index (χ0) is 11.1. The molecule has 0 aromatic heterocycles. The predicted molar refractivity (Wildman–Crippen MR) is 60.9 cm³/mol. The van der Waals surface area contributed by atoms with Gasteiger partial charge in [0.2, 0.25) is 0 Å². The third-order valence-corrected chi connectivity index (χ3v) is 3.56. The molecule has 1 saturated heterocycles. The van der Waals surface area contributed by atoms with Crippen molar-refractivity contribution >= 4 is 5.78 Å². The summed E-state index contributed by atoms with van der Waals surface area (Å²) in [6.45, 7) is 2.90. The highest BCUT2D eigenvalue weighted by Gasteiger charge is 2.45. The van der Waals surface area contributed by atoms with Crippen molar-refractivity contribution < 1.29 is 9.53 Å². The minimum Gasteiger partial charge on any atom is -0.497 e.